The zero-order valence-electron chi connectivity index (χ0n) is 9.26. The number of aromatic nitrogens is 1. The summed E-state index contributed by atoms with van der Waals surface area (Å²) in [6.07, 6.45) is 2.76. The van der Waals surface area contributed by atoms with Gasteiger partial charge in [0.05, 0.1) is 5.69 Å². The van der Waals surface area contributed by atoms with Gasteiger partial charge in [0.2, 0.25) is 0 Å². The Morgan fingerprint density at radius 3 is 2.94 bits per heavy atom. The van der Waals surface area contributed by atoms with Gasteiger partial charge >= 0.3 is 0 Å². The molecule has 0 bridgehead atoms. The summed E-state index contributed by atoms with van der Waals surface area (Å²) >= 11 is 1.79. The largest absolute Gasteiger partial charge is 0.382 e. The van der Waals surface area contributed by atoms with Crippen molar-refractivity contribution >= 4 is 22.8 Å². The lowest BCUT2D eigenvalue weighted by Gasteiger charge is -2.19. The van der Waals surface area contributed by atoms with Crippen LogP contribution in [-0.2, 0) is 6.42 Å². The number of nitrogens with zero attached hydrogens (tertiary/aromatic N) is 2. The van der Waals surface area contributed by atoms with Gasteiger partial charge in [0.25, 0.3) is 0 Å². The first kappa shape index (κ1) is 11.0. The van der Waals surface area contributed by atoms with Crippen LogP contribution in [0.1, 0.15) is 4.88 Å². The van der Waals surface area contributed by atoms with Crippen molar-refractivity contribution < 1.29 is 0 Å². The van der Waals surface area contributed by atoms with Gasteiger partial charge < -0.3 is 10.6 Å². The SMILES string of the molecule is CN(CCc1cccs1)c1cccnc1N. The fourth-order valence-electron chi connectivity index (χ4n) is 1.58. The average molecular weight is 233 g/mol. The Balaban J connectivity index is 1.98. The van der Waals surface area contributed by atoms with Crippen molar-refractivity contribution in [1.29, 1.82) is 0 Å². The van der Waals surface area contributed by atoms with Gasteiger partial charge in [-0.1, -0.05) is 6.07 Å². The van der Waals surface area contributed by atoms with Crippen LogP contribution >= 0.6 is 11.3 Å². The maximum atomic E-state index is 5.82. The Bertz CT molecular complexity index is 439. The molecule has 16 heavy (non-hydrogen) atoms. The Kier molecular flexibility index (Phi) is 3.41. The standard InChI is InChI=1S/C12H15N3S/c1-15(8-6-10-4-3-9-16-10)11-5-2-7-14-12(11)13/h2-5,7,9H,6,8H2,1H3,(H2,13,14). The number of hydrogen-bond acceptors (Lipinski definition) is 4. The quantitative estimate of drug-likeness (QED) is 0.881. The van der Waals surface area contributed by atoms with E-state index in [-0.39, 0.29) is 0 Å². The van der Waals surface area contributed by atoms with Crippen molar-refractivity contribution in [2.24, 2.45) is 0 Å². The van der Waals surface area contributed by atoms with Crippen molar-refractivity contribution in [3.8, 4) is 0 Å². The summed E-state index contributed by atoms with van der Waals surface area (Å²) in [5.74, 6) is 0.594. The van der Waals surface area contributed by atoms with E-state index < -0.39 is 0 Å². The highest BCUT2D eigenvalue weighted by Crippen LogP contribution is 2.19. The fourth-order valence-corrected chi connectivity index (χ4v) is 2.28. The number of thiophene rings is 1. The molecule has 2 heterocycles. The number of anilines is 2. The van der Waals surface area contributed by atoms with E-state index in [2.05, 4.69) is 27.4 Å². The molecule has 0 spiro atoms. The van der Waals surface area contributed by atoms with Crippen LogP contribution in [0.2, 0.25) is 0 Å². The summed E-state index contributed by atoms with van der Waals surface area (Å²) < 4.78 is 0. The third-order valence-electron chi connectivity index (χ3n) is 2.50. The zero-order chi connectivity index (χ0) is 11.4. The molecule has 2 rings (SSSR count). The lowest BCUT2D eigenvalue weighted by molar-refractivity contribution is 0.886. The van der Waals surface area contributed by atoms with Gasteiger partial charge in [-0.25, -0.2) is 4.98 Å². The molecule has 0 saturated heterocycles. The third-order valence-corrected chi connectivity index (χ3v) is 3.44. The van der Waals surface area contributed by atoms with E-state index >= 15 is 0 Å². The highest BCUT2D eigenvalue weighted by Gasteiger charge is 2.05. The van der Waals surface area contributed by atoms with Gasteiger partial charge in [0.1, 0.15) is 5.82 Å². The van der Waals surface area contributed by atoms with Crippen molar-refractivity contribution in [3.63, 3.8) is 0 Å². The Morgan fingerprint density at radius 1 is 1.38 bits per heavy atom. The van der Waals surface area contributed by atoms with Crippen molar-refractivity contribution in [1.82, 2.24) is 4.98 Å². The number of nitrogen functional groups attached to an aromatic ring is 1. The van der Waals surface area contributed by atoms with E-state index in [9.17, 15) is 0 Å². The topological polar surface area (TPSA) is 42.2 Å². The first-order valence-corrected chi connectivity index (χ1v) is 6.09. The molecule has 0 fully saturated rings. The second-order valence-electron chi connectivity index (χ2n) is 3.66. The van der Waals surface area contributed by atoms with E-state index in [4.69, 9.17) is 5.73 Å². The molecule has 0 amide bonds. The Labute approximate surface area is 99.5 Å². The van der Waals surface area contributed by atoms with Crippen LogP contribution in [0.25, 0.3) is 0 Å². The molecule has 2 aromatic heterocycles. The lowest BCUT2D eigenvalue weighted by atomic mass is 10.3. The summed E-state index contributed by atoms with van der Waals surface area (Å²) in [5.41, 5.74) is 6.82. The molecular weight excluding hydrogens is 218 g/mol. The van der Waals surface area contributed by atoms with E-state index in [1.807, 2.05) is 19.2 Å². The molecule has 0 aliphatic rings. The molecule has 0 aliphatic carbocycles. The minimum Gasteiger partial charge on any atom is -0.382 e. The summed E-state index contributed by atoms with van der Waals surface area (Å²) in [5, 5.41) is 2.10. The number of rotatable bonds is 4. The molecule has 84 valence electrons. The zero-order valence-corrected chi connectivity index (χ0v) is 10.1. The van der Waals surface area contributed by atoms with Crippen LogP contribution in [0.5, 0.6) is 0 Å². The van der Waals surface area contributed by atoms with Gasteiger partial charge in [-0.3, -0.25) is 0 Å². The molecule has 3 nitrogen and oxygen atoms in total. The van der Waals surface area contributed by atoms with Crippen LogP contribution in [0.15, 0.2) is 35.8 Å². The highest BCUT2D eigenvalue weighted by atomic mass is 32.1. The first-order chi connectivity index (χ1) is 7.77. The summed E-state index contributed by atoms with van der Waals surface area (Å²) in [7, 11) is 2.04. The number of hydrogen-bond donors (Lipinski definition) is 1. The monoisotopic (exact) mass is 233 g/mol. The third kappa shape index (κ3) is 2.52. The van der Waals surface area contributed by atoms with E-state index in [1.54, 1.807) is 17.5 Å². The molecule has 0 saturated carbocycles. The second kappa shape index (κ2) is 4.99. The normalized spacial score (nSPS) is 10.3. The number of nitrogens with two attached hydrogens (primary N) is 1. The van der Waals surface area contributed by atoms with E-state index in [0.717, 1.165) is 18.7 Å². The van der Waals surface area contributed by atoms with Gasteiger partial charge in [0, 0.05) is 24.7 Å². The maximum absolute atomic E-state index is 5.82. The van der Waals surface area contributed by atoms with E-state index in [0.29, 0.717) is 5.82 Å². The molecule has 0 aromatic carbocycles. The van der Waals surface area contributed by atoms with Crippen LogP contribution in [0.4, 0.5) is 11.5 Å². The minimum absolute atomic E-state index is 0.594. The molecule has 0 aliphatic heterocycles. The van der Waals surface area contributed by atoms with Crippen molar-refractivity contribution in [2.75, 3.05) is 24.2 Å². The van der Waals surface area contributed by atoms with Crippen LogP contribution in [0, 0.1) is 0 Å². The summed E-state index contributed by atoms with van der Waals surface area (Å²) in [6.45, 7) is 0.955. The Hall–Kier alpha value is -1.55. The van der Waals surface area contributed by atoms with Gasteiger partial charge in [-0.15, -0.1) is 11.3 Å². The molecule has 4 heteroatoms. The van der Waals surface area contributed by atoms with Gasteiger partial charge in [-0.05, 0) is 30.0 Å². The average Bonchev–Trinajstić information content (AvgIpc) is 2.79. The Morgan fingerprint density at radius 2 is 2.25 bits per heavy atom. The van der Waals surface area contributed by atoms with Crippen LogP contribution < -0.4 is 10.6 Å². The van der Waals surface area contributed by atoms with Gasteiger partial charge in [0.15, 0.2) is 0 Å². The first-order valence-electron chi connectivity index (χ1n) is 5.21. The van der Waals surface area contributed by atoms with Crippen LogP contribution in [0.3, 0.4) is 0 Å². The molecule has 2 N–H and O–H groups in total. The number of likely N-dealkylation sites (N-methyl/N-ethyl adjacent to an activating group) is 1. The molecule has 0 unspecified atom stereocenters. The van der Waals surface area contributed by atoms with Crippen LogP contribution in [-0.4, -0.2) is 18.6 Å². The smallest absolute Gasteiger partial charge is 0.146 e. The van der Waals surface area contributed by atoms with E-state index in [1.165, 1.54) is 4.88 Å². The predicted molar refractivity (Wildman–Crippen MR) is 69.9 cm³/mol. The minimum atomic E-state index is 0.594. The van der Waals surface area contributed by atoms with Crippen molar-refractivity contribution in [2.45, 2.75) is 6.42 Å². The van der Waals surface area contributed by atoms with Gasteiger partial charge in [-0.2, -0.15) is 0 Å². The number of pyridine rings is 1. The second-order valence-corrected chi connectivity index (χ2v) is 4.69. The molecule has 0 radical (unpaired) electrons. The lowest BCUT2D eigenvalue weighted by Crippen LogP contribution is -2.21. The summed E-state index contributed by atoms with van der Waals surface area (Å²) in [4.78, 5) is 7.62. The summed E-state index contributed by atoms with van der Waals surface area (Å²) in [6, 6.07) is 8.15. The highest BCUT2D eigenvalue weighted by molar-refractivity contribution is 7.09. The fraction of sp³-hybridized carbons (Fsp3) is 0.250. The molecule has 0 atom stereocenters. The molecule has 2 aromatic rings. The maximum Gasteiger partial charge on any atom is 0.146 e. The molecular formula is C12H15N3S. The van der Waals surface area contributed by atoms with Crippen molar-refractivity contribution in [3.05, 3.63) is 40.7 Å². The predicted octanol–water partition coefficient (Wildman–Crippen LogP) is 2.40.